The molecule has 0 saturated carbocycles. The Hall–Kier alpha value is -3.35. The second-order valence-corrected chi connectivity index (χ2v) is 7.05. The molecule has 1 aliphatic rings. The smallest absolute Gasteiger partial charge is 0.253 e. The van der Waals surface area contributed by atoms with E-state index in [0.29, 0.717) is 42.5 Å². The number of halogens is 2. The summed E-state index contributed by atoms with van der Waals surface area (Å²) in [6, 6.07) is 8.79. The number of ketones is 1. The van der Waals surface area contributed by atoms with Gasteiger partial charge in [0.15, 0.2) is 11.2 Å². The Bertz CT molecular complexity index is 1160. The zero-order valence-electron chi connectivity index (χ0n) is 15.4. The molecule has 148 valence electrons. The van der Waals surface area contributed by atoms with E-state index in [0.717, 1.165) is 18.2 Å². The zero-order chi connectivity index (χ0) is 20.5. The number of fused-ring (bicyclic) bond motifs is 1. The van der Waals surface area contributed by atoms with E-state index in [4.69, 9.17) is 4.42 Å². The van der Waals surface area contributed by atoms with Gasteiger partial charge in [0.2, 0.25) is 0 Å². The van der Waals surface area contributed by atoms with Crippen LogP contribution in [0.2, 0.25) is 0 Å². The fourth-order valence-corrected chi connectivity index (χ4v) is 3.65. The molecule has 0 radical (unpaired) electrons. The van der Waals surface area contributed by atoms with Crippen LogP contribution in [-0.2, 0) is 0 Å². The first kappa shape index (κ1) is 19.0. The molecule has 5 nitrogen and oxygen atoms in total. The van der Waals surface area contributed by atoms with Crippen LogP contribution in [0.15, 0.2) is 57.9 Å². The highest BCUT2D eigenvalue weighted by atomic mass is 19.1. The summed E-state index contributed by atoms with van der Waals surface area (Å²) in [5.74, 6) is -2.55. The van der Waals surface area contributed by atoms with E-state index in [2.05, 4.69) is 0 Å². The summed E-state index contributed by atoms with van der Waals surface area (Å²) >= 11 is 0. The molecule has 0 aliphatic carbocycles. The second kappa shape index (κ2) is 7.58. The minimum absolute atomic E-state index is 0.186. The van der Waals surface area contributed by atoms with Crippen molar-refractivity contribution in [2.45, 2.75) is 12.8 Å². The first-order chi connectivity index (χ1) is 13.9. The van der Waals surface area contributed by atoms with E-state index in [-0.39, 0.29) is 16.9 Å². The van der Waals surface area contributed by atoms with E-state index >= 15 is 0 Å². The van der Waals surface area contributed by atoms with Crippen LogP contribution in [0.5, 0.6) is 0 Å². The minimum Gasteiger partial charge on any atom is -0.464 e. The summed E-state index contributed by atoms with van der Waals surface area (Å²) in [7, 11) is 0. The number of benzene rings is 2. The second-order valence-electron chi connectivity index (χ2n) is 7.05. The van der Waals surface area contributed by atoms with Gasteiger partial charge in [-0.25, -0.2) is 8.78 Å². The van der Waals surface area contributed by atoms with Gasteiger partial charge in [-0.05, 0) is 49.2 Å². The normalized spacial score (nSPS) is 14.9. The molecule has 3 aromatic rings. The molecule has 29 heavy (non-hydrogen) atoms. The maximum absolute atomic E-state index is 13.9. The number of Topliss-reactive ketones (excluding diaryl/α,β-unsaturated/α-hetero) is 1. The van der Waals surface area contributed by atoms with Crippen molar-refractivity contribution in [2.75, 3.05) is 13.1 Å². The van der Waals surface area contributed by atoms with Gasteiger partial charge in [0.1, 0.15) is 17.2 Å². The summed E-state index contributed by atoms with van der Waals surface area (Å²) in [6.45, 7) is 0.645. The van der Waals surface area contributed by atoms with Crippen LogP contribution in [-0.4, -0.2) is 29.7 Å². The summed E-state index contributed by atoms with van der Waals surface area (Å²) in [6.07, 6.45) is 2.01. The summed E-state index contributed by atoms with van der Waals surface area (Å²) in [5.41, 5.74) is 0.274. The highest BCUT2D eigenvalue weighted by molar-refractivity contribution is 5.99. The van der Waals surface area contributed by atoms with Crippen molar-refractivity contribution >= 4 is 22.7 Å². The molecule has 2 heterocycles. The maximum atomic E-state index is 13.9. The molecule has 0 bridgehead atoms. The molecule has 2 aromatic carbocycles. The van der Waals surface area contributed by atoms with Crippen LogP contribution >= 0.6 is 0 Å². The third-order valence-electron chi connectivity index (χ3n) is 5.26. The van der Waals surface area contributed by atoms with E-state index < -0.39 is 23.3 Å². The van der Waals surface area contributed by atoms with Gasteiger partial charge in [0.25, 0.3) is 5.91 Å². The molecule has 1 aromatic heterocycles. The minimum atomic E-state index is -0.743. The largest absolute Gasteiger partial charge is 0.464 e. The van der Waals surface area contributed by atoms with Gasteiger partial charge in [0.05, 0.1) is 17.2 Å². The first-order valence-corrected chi connectivity index (χ1v) is 9.24. The third-order valence-corrected chi connectivity index (χ3v) is 5.26. The van der Waals surface area contributed by atoms with Crippen molar-refractivity contribution in [2.24, 2.45) is 5.92 Å². The van der Waals surface area contributed by atoms with E-state index in [1.54, 1.807) is 17.0 Å². The Labute approximate surface area is 164 Å². The summed E-state index contributed by atoms with van der Waals surface area (Å²) in [5, 5.41) is 0.394. The Balaban J connectivity index is 1.47. The Morgan fingerprint density at radius 2 is 1.76 bits per heavy atom. The molecule has 1 aliphatic heterocycles. The predicted molar refractivity (Wildman–Crippen MR) is 102 cm³/mol. The van der Waals surface area contributed by atoms with Crippen molar-refractivity contribution in [3.63, 3.8) is 0 Å². The van der Waals surface area contributed by atoms with Gasteiger partial charge < -0.3 is 9.32 Å². The van der Waals surface area contributed by atoms with Gasteiger partial charge in [-0.15, -0.1) is 0 Å². The van der Waals surface area contributed by atoms with E-state index in [1.165, 1.54) is 18.4 Å². The molecular formula is C22H17F2NO4. The fraction of sp³-hybridized carbons (Fsp3) is 0.227. The lowest BCUT2D eigenvalue weighted by molar-refractivity contribution is 0.0649. The topological polar surface area (TPSA) is 67.6 Å². The van der Waals surface area contributed by atoms with Gasteiger partial charge in [0, 0.05) is 30.6 Å². The average molecular weight is 397 g/mol. The number of piperidine rings is 1. The van der Waals surface area contributed by atoms with Crippen molar-refractivity contribution in [1.29, 1.82) is 0 Å². The quantitative estimate of drug-likeness (QED) is 0.631. The number of carbonyl (C=O) groups is 2. The fourth-order valence-electron chi connectivity index (χ4n) is 3.65. The van der Waals surface area contributed by atoms with Gasteiger partial charge >= 0.3 is 0 Å². The Kier molecular flexibility index (Phi) is 4.96. The predicted octanol–water partition coefficient (Wildman–Crippen LogP) is 3.81. The lowest BCUT2D eigenvalue weighted by atomic mass is 9.88. The van der Waals surface area contributed by atoms with Crippen LogP contribution in [0.4, 0.5) is 8.78 Å². The molecule has 1 amide bonds. The monoisotopic (exact) mass is 397 g/mol. The first-order valence-electron chi connectivity index (χ1n) is 9.24. The van der Waals surface area contributed by atoms with Crippen LogP contribution in [0.25, 0.3) is 11.0 Å². The summed E-state index contributed by atoms with van der Waals surface area (Å²) in [4.78, 5) is 38.7. The van der Waals surface area contributed by atoms with E-state index in [9.17, 15) is 23.2 Å². The Morgan fingerprint density at radius 3 is 2.52 bits per heavy atom. The zero-order valence-corrected chi connectivity index (χ0v) is 15.4. The molecule has 0 spiro atoms. The standard InChI is InChI=1S/C22H17F2NO4/c23-15-2-4-18(24)17(12-15)21(27)13-5-8-25(9-6-13)22(28)14-1-3-16-19(26)7-10-29-20(16)11-14/h1-4,7,10-13H,5-6,8-9H2. The van der Waals surface area contributed by atoms with Gasteiger partial charge in [-0.1, -0.05) is 0 Å². The lowest BCUT2D eigenvalue weighted by Gasteiger charge is -2.31. The number of likely N-dealkylation sites (tertiary alicyclic amines) is 1. The molecule has 0 N–H and O–H groups in total. The van der Waals surface area contributed by atoms with Crippen molar-refractivity contribution in [3.8, 4) is 0 Å². The van der Waals surface area contributed by atoms with Crippen LogP contribution < -0.4 is 5.43 Å². The molecule has 0 atom stereocenters. The molecule has 4 rings (SSSR count). The van der Waals surface area contributed by atoms with E-state index in [1.807, 2.05) is 0 Å². The Morgan fingerprint density at radius 1 is 1.00 bits per heavy atom. The maximum Gasteiger partial charge on any atom is 0.253 e. The van der Waals surface area contributed by atoms with Crippen LogP contribution in [0.3, 0.4) is 0 Å². The van der Waals surface area contributed by atoms with Crippen molar-refractivity contribution in [1.82, 2.24) is 4.90 Å². The highest BCUT2D eigenvalue weighted by Crippen LogP contribution is 2.25. The lowest BCUT2D eigenvalue weighted by Crippen LogP contribution is -2.40. The molecule has 1 saturated heterocycles. The number of carbonyl (C=O) groups excluding carboxylic acids is 2. The number of rotatable bonds is 3. The summed E-state index contributed by atoms with van der Waals surface area (Å²) < 4.78 is 32.5. The SMILES string of the molecule is O=C(c1cc(F)ccc1F)C1CCN(C(=O)c2ccc3c(=O)ccoc3c2)CC1. The number of hydrogen-bond acceptors (Lipinski definition) is 4. The van der Waals surface area contributed by atoms with Gasteiger partial charge in [-0.2, -0.15) is 0 Å². The molecule has 1 fully saturated rings. The van der Waals surface area contributed by atoms with Gasteiger partial charge in [-0.3, -0.25) is 14.4 Å². The average Bonchev–Trinajstić information content (AvgIpc) is 2.74. The van der Waals surface area contributed by atoms with Crippen molar-refractivity contribution in [3.05, 3.63) is 81.7 Å². The van der Waals surface area contributed by atoms with Crippen LogP contribution in [0.1, 0.15) is 33.6 Å². The number of nitrogens with zero attached hydrogens (tertiary/aromatic N) is 1. The number of amides is 1. The molecular weight excluding hydrogens is 380 g/mol. The van der Waals surface area contributed by atoms with Crippen molar-refractivity contribution < 1.29 is 22.8 Å². The number of hydrogen-bond donors (Lipinski definition) is 0. The highest BCUT2D eigenvalue weighted by Gasteiger charge is 2.30. The molecule has 0 unspecified atom stereocenters. The molecule has 7 heteroatoms. The van der Waals surface area contributed by atoms with Crippen LogP contribution in [0, 0.1) is 17.6 Å². The third kappa shape index (κ3) is 3.68.